The topological polar surface area (TPSA) is 38.3 Å². The van der Waals surface area contributed by atoms with Crippen molar-refractivity contribution in [2.75, 3.05) is 0 Å². The molecule has 0 aromatic heterocycles. The van der Waals surface area contributed by atoms with E-state index >= 15 is 0 Å². The fraction of sp³-hybridized carbons (Fsp3) is 0.316. The van der Waals surface area contributed by atoms with Crippen LogP contribution in [0.5, 0.6) is 0 Å². The summed E-state index contributed by atoms with van der Waals surface area (Å²) < 4.78 is 6.41. The van der Waals surface area contributed by atoms with Gasteiger partial charge in [0.15, 0.2) is 0 Å². The largest absolute Gasteiger partial charge is 0.462 e. The second-order valence-corrected chi connectivity index (χ2v) is 6.65. The van der Waals surface area contributed by atoms with E-state index in [1.807, 2.05) is 68.4 Å². The lowest BCUT2D eigenvalue weighted by Gasteiger charge is -2.19. The molecule has 1 N–H and O–H groups in total. The average molecular weight is 376 g/mol. The van der Waals surface area contributed by atoms with Gasteiger partial charge in [-0.2, -0.15) is 0 Å². The molecule has 0 unspecified atom stereocenters. The lowest BCUT2D eigenvalue weighted by molar-refractivity contribution is -0.150. The molecule has 0 heterocycles. The van der Waals surface area contributed by atoms with E-state index in [0.717, 1.165) is 15.6 Å². The summed E-state index contributed by atoms with van der Waals surface area (Å²) in [6.07, 6.45) is 0.486. The van der Waals surface area contributed by atoms with Crippen LogP contribution in [0, 0.1) is 0 Å². The third-order valence-corrected chi connectivity index (χ3v) is 3.91. The van der Waals surface area contributed by atoms with Crippen molar-refractivity contribution >= 4 is 21.9 Å². The number of hydrogen-bond acceptors (Lipinski definition) is 3. The molecular weight excluding hydrogens is 354 g/mol. The van der Waals surface area contributed by atoms with Crippen molar-refractivity contribution < 1.29 is 9.53 Å². The van der Waals surface area contributed by atoms with E-state index in [1.165, 1.54) is 0 Å². The summed E-state index contributed by atoms with van der Waals surface area (Å²) in [4.78, 5) is 12.4. The lowest BCUT2D eigenvalue weighted by Crippen LogP contribution is -2.40. The Morgan fingerprint density at radius 3 is 2.30 bits per heavy atom. The van der Waals surface area contributed by atoms with Gasteiger partial charge in [-0.1, -0.05) is 58.4 Å². The highest BCUT2D eigenvalue weighted by atomic mass is 79.9. The molecule has 1 atom stereocenters. The van der Waals surface area contributed by atoms with E-state index in [-0.39, 0.29) is 18.1 Å². The van der Waals surface area contributed by atoms with Gasteiger partial charge in [0.25, 0.3) is 0 Å². The van der Waals surface area contributed by atoms with Crippen LogP contribution in [0.4, 0.5) is 0 Å². The normalized spacial score (nSPS) is 12.2. The van der Waals surface area contributed by atoms with Crippen molar-refractivity contribution in [3.05, 3.63) is 70.2 Å². The second kappa shape index (κ2) is 8.85. The van der Waals surface area contributed by atoms with Crippen LogP contribution in [0.15, 0.2) is 59.1 Å². The fourth-order valence-corrected chi connectivity index (χ4v) is 2.51. The van der Waals surface area contributed by atoms with Gasteiger partial charge in [0, 0.05) is 11.0 Å². The zero-order chi connectivity index (χ0) is 16.7. The number of carbonyl (C=O) groups excluding carboxylic acids is 1. The zero-order valence-electron chi connectivity index (χ0n) is 13.5. The molecular formula is C19H22BrNO2. The van der Waals surface area contributed by atoms with Gasteiger partial charge in [-0.05, 0) is 43.5 Å². The Bertz CT molecular complexity index is 611. The maximum Gasteiger partial charge on any atom is 0.323 e. The van der Waals surface area contributed by atoms with Crippen LogP contribution < -0.4 is 5.32 Å². The molecule has 2 aromatic carbocycles. The molecule has 2 aromatic rings. The number of hydrogen-bond donors (Lipinski definition) is 1. The number of halogens is 1. The molecule has 0 aliphatic rings. The van der Waals surface area contributed by atoms with Gasteiger partial charge < -0.3 is 10.1 Å². The monoisotopic (exact) mass is 375 g/mol. The van der Waals surface area contributed by atoms with Crippen LogP contribution >= 0.6 is 15.9 Å². The summed E-state index contributed by atoms with van der Waals surface area (Å²) >= 11 is 3.43. The molecule has 23 heavy (non-hydrogen) atoms. The molecule has 0 bridgehead atoms. The maximum atomic E-state index is 12.4. The van der Waals surface area contributed by atoms with Crippen LogP contribution in [0.3, 0.4) is 0 Å². The molecule has 0 aliphatic heterocycles. The highest BCUT2D eigenvalue weighted by Gasteiger charge is 2.21. The molecule has 0 fully saturated rings. The Morgan fingerprint density at radius 2 is 1.70 bits per heavy atom. The fourth-order valence-electron chi connectivity index (χ4n) is 2.25. The highest BCUT2D eigenvalue weighted by molar-refractivity contribution is 9.10. The molecule has 0 amide bonds. The van der Waals surface area contributed by atoms with E-state index in [9.17, 15) is 4.79 Å². The predicted molar refractivity (Wildman–Crippen MR) is 96.1 cm³/mol. The third-order valence-electron chi connectivity index (χ3n) is 3.38. The van der Waals surface area contributed by atoms with Gasteiger partial charge in [-0.25, -0.2) is 0 Å². The van der Waals surface area contributed by atoms with Crippen LogP contribution in [0.25, 0.3) is 0 Å². The van der Waals surface area contributed by atoms with Crippen molar-refractivity contribution in [1.82, 2.24) is 5.32 Å². The Hall–Kier alpha value is -1.65. The molecule has 0 aliphatic carbocycles. The number of rotatable bonds is 7. The molecule has 0 spiro atoms. The predicted octanol–water partition coefficient (Wildman–Crippen LogP) is 4.10. The van der Waals surface area contributed by atoms with Crippen molar-refractivity contribution in [3.63, 3.8) is 0 Å². The molecule has 0 saturated carbocycles. The Kier molecular flexibility index (Phi) is 6.81. The van der Waals surface area contributed by atoms with Crippen LogP contribution in [0.1, 0.15) is 25.0 Å². The van der Waals surface area contributed by atoms with E-state index in [2.05, 4.69) is 21.2 Å². The number of carbonyl (C=O) groups is 1. The molecule has 0 saturated heterocycles. The summed E-state index contributed by atoms with van der Waals surface area (Å²) in [5.74, 6) is -0.209. The summed E-state index contributed by atoms with van der Waals surface area (Å²) in [6, 6.07) is 17.7. The minimum atomic E-state index is -0.362. The Morgan fingerprint density at radius 1 is 1.04 bits per heavy atom. The number of ether oxygens (including phenoxy) is 1. The van der Waals surface area contributed by atoms with Crippen molar-refractivity contribution in [2.24, 2.45) is 0 Å². The summed E-state index contributed by atoms with van der Waals surface area (Å²) in [6.45, 7) is 4.37. The zero-order valence-corrected chi connectivity index (χ0v) is 15.0. The van der Waals surface area contributed by atoms with E-state index < -0.39 is 0 Å². The van der Waals surface area contributed by atoms with Crippen LogP contribution in [-0.4, -0.2) is 18.1 Å². The third kappa shape index (κ3) is 6.16. The van der Waals surface area contributed by atoms with Gasteiger partial charge in [0.05, 0.1) is 6.10 Å². The molecule has 0 radical (unpaired) electrons. The number of nitrogens with one attached hydrogen (secondary N) is 1. The van der Waals surface area contributed by atoms with Crippen LogP contribution in [0.2, 0.25) is 0 Å². The average Bonchev–Trinajstić information content (AvgIpc) is 2.53. The second-order valence-electron chi connectivity index (χ2n) is 5.74. The van der Waals surface area contributed by atoms with E-state index in [0.29, 0.717) is 13.0 Å². The van der Waals surface area contributed by atoms with Crippen molar-refractivity contribution in [1.29, 1.82) is 0 Å². The lowest BCUT2D eigenvalue weighted by atomic mass is 10.1. The summed E-state index contributed by atoms with van der Waals surface area (Å²) in [7, 11) is 0. The molecule has 4 heteroatoms. The first-order valence-electron chi connectivity index (χ1n) is 7.77. The van der Waals surface area contributed by atoms with Crippen molar-refractivity contribution in [2.45, 2.75) is 39.0 Å². The van der Waals surface area contributed by atoms with E-state index in [4.69, 9.17) is 4.74 Å². The van der Waals surface area contributed by atoms with Gasteiger partial charge in [0.2, 0.25) is 0 Å². The minimum Gasteiger partial charge on any atom is -0.462 e. The Labute approximate surface area is 146 Å². The van der Waals surface area contributed by atoms with Gasteiger partial charge in [0.1, 0.15) is 6.04 Å². The highest BCUT2D eigenvalue weighted by Crippen LogP contribution is 2.13. The molecule has 2 rings (SSSR count). The van der Waals surface area contributed by atoms with Gasteiger partial charge >= 0.3 is 5.97 Å². The van der Waals surface area contributed by atoms with Crippen molar-refractivity contribution in [3.8, 4) is 0 Å². The molecule has 3 nitrogen and oxygen atoms in total. The quantitative estimate of drug-likeness (QED) is 0.740. The smallest absolute Gasteiger partial charge is 0.323 e. The van der Waals surface area contributed by atoms with E-state index in [1.54, 1.807) is 0 Å². The molecule has 122 valence electrons. The van der Waals surface area contributed by atoms with Gasteiger partial charge in [-0.15, -0.1) is 0 Å². The number of esters is 1. The summed E-state index contributed by atoms with van der Waals surface area (Å²) in [5.41, 5.74) is 2.24. The van der Waals surface area contributed by atoms with Crippen LogP contribution in [-0.2, 0) is 22.5 Å². The summed E-state index contributed by atoms with van der Waals surface area (Å²) in [5, 5.41) is 3.32. The first-order chi connectivity index (χ1) is 11.0. The minimum absolute atomic E-state index is 0.117. The first-order valence-corrected chi connectivity index (χ1v) is 8.56. The SMILES string of the molecule is CC(C)OC(=O)[C@H](Cc1ccc(Br)cc1)NCc1ccccc1. The van der Waals surface area contributed by atoms with Gasteiger partial charge in [-0.3, -0.25) is 4.79 Å². The first kappa shape index (κ1) is 17.7. The maximum absolute atomic E-state index is 12.4. The Balaban J connectivity index is 2.04. The number of benzene rings is 2. The standard InChI is InChI=1S/C19H22BrNO2/c1-14(2)23-19(22)18(12-15-8-10-17(20)11-9-15)21-13-16-6-4-3-5-7-16/h3-11,14,18,21H,12-13H2,1-2H3/t18-/m0/s1.